The molecule has 0 atom stereocenters. The molecule has 1 aromatic rings. The Hall–Kier alpha value is -1.51. The van der Waals surface area contributed by atoms with Crippen molar-refractivity contribution < 1.29 is 0 Å². The van der Waals surface area contributed by atoms with Gasteiger partial charge in [-0.2, -0.15) is 0 Å². The van der Waals surface area contributed by atoms with E-state index in [1.807, 2.05) is 0 Å². The minimum absolute atomic E-state index is 0.373. The van der Waals surface area contributed by atoms with Crippen LogP contribution in [0.1, 0.15) is 38.2 Å². The lowest BCUT2D eigenvalue weighted by molar-refractivity contribution is 0.521. The first-order valence-corrected chi connectivity index (χ1v) is 7.32. The van der Waals surface area contributed by atoms with E-state index in [1.54, 1.807) is 0 Å². The van der Waals surface area contributed by atoms with E-state index in [0.29, 0.717) is 11.4 Å². The van der Waals surface area contributed by atoms with Crippen molar-refractivity contribution in [3.05, 3.63) is 35.9 Å². The number of hydrogen-bond acceptors (Lipinski definition) is 1. The first-order chi connectivity index (χ1) is 9.24. The van der Waals surface area contributed by atoms with Gasteiger partial charge in [-0.3, -0.25) is 4.99 Å². The standard InChI is InChI=1S/C16H25N3/c1-2-3-11-18-15(17)19-13-16(9-10-16)12-14-7-5-4-6-8-14/h4-8H,2-3,9-13H2,1H3,(H3,17,18,19). The molecule has 1 fully saturated rings. The largest absolute Gasteiger partial charge is 0.370 e. The second kappa shape index (κ2) is 6.60. The van der Waals surface area contributed by atoms with Crippen LogP contribution in [0.25, 0.3) is 0 Å². The molecule has 3 N–H and O–H groups in total. The molecule has 1 aliphatic rings. The highest BCUT2D eigenvalue weighted by Gasteiger charge is 2.42. The summed E-state index contributed by atoms with van der Waals surface area (Å²) in [6.07, 6.45) is 5.99. The van der Waals surface area contributed by atoms with Crippen LogP contribution < -0.4 is 11.1 Å². The maximum Gasteiger partial charge on any atom is 0.188 e. The maximum atomic E-state index is 5.88. The Morgan fingerprint density at radius 2 is 2.05 bits per heavy atom. The normalized spacial score (nSPS) is 17.2. The minimum Gasteiger partial charge on any atom is -0.370 e. The van der Waals surface area contributed by atoms with Crippen LogP contribution in [-0.4, -0.2) is 19.0 Å². The Morgan fingerprint density at radius 3 is 2.68 bits per heavy atom. The number of unbranched alkanes of at least 4 members (excludes halogenated alkanes) is 1. The summed E-state index contributed by atoms with van der Waals surface area (Å²) in [5, 5.41) is 3.18. The molecule has 104 valence electrons. The molecular weight excluding hydrogens is 234 g/mol. The monoisotopic (exact) mass is 259 g/mol. The predicted molar refractivity (Wildman–Crippen MR) is 81.2 cm³/mol. The van der Waals surface area contributed by atoms with Gasteiger partial charge >= 0.3 is 0 Å². The predicted octanol–water partition coefficient (Wildman–Crippen LogP) is 2.71. The number of rotatable bonds is 7. The van der Waals surface area contributed by atoms with Gasteiger partial charge in [0.05, 0.1) is 0 Å². The Labute approximate surface area is 116 Å². The maximum absolute atomic E-state index is 5.88. The number of nitrogens with zero attached hydrogens (tertiary/aromatic N) is 1. The number of aliphatic imine (C=N–C) groups is 1. The van der Waals surface area contributed by atoms with Crippen LogP contribution in [-0.2, 0) is 6.42 Å². The van der Waals surface area contributed by atoms with E-state index >= 15 is 0 Å². The van der Waals surface area contributed by atoms with Crippen molar-refractivity contribution in [3.8, 4) is 0 Å². The van der Waals surface area contributed by atoms with Gasteiger partial charge in [-0.05, 0) is 36.7 Å². The van der Waals surface area contributed by atoms with Crippen molar-refractivity contribution in [3.63, 3.8) is 0 Å². The zero-order valence-electron chi connectivity index (χ0n) is 11.9. The Bertz CT molecular complexity index is 407. The Kier molecular flexibility index (Phi) is 4.83. The second-order valence-corrected chi connectivity index (χ2v) is 5.64. The van der Waals surface area contributed by atoms with E-state index in [1.165, 1.54) is 24.8 Å². The highest BCUT2D eigenvalue weighted by atomic mass is 15.1. The molecule has 2 rings (SSSR count). The molecule has 1 aliphatic carbocycles. The third-order valence-corrected chi connectivity index (χ3v) is 3.80. The Morgan fingerprint density at radius 1 is 1.32 bits per heavy atom. The van der Waals surface area contributed by atoms with Crippen LogP contribution >= 0.6 is 0 Å². The van der Waals surface area contributed by atoms with E-state index in [2.05, 4.69) is 47.6 Å². The summed E-state index contributed by atoms with van der Waals surface area (Å²) < 4.78 is 0. The second-order valence-electron chi connectivity index (χ2n) is 5.64. The van der Waals surface area contributed by atoms with E-state index < -0.39 is 0 Å². The highest BCUT2D eigenvalue weighted by Crippen LogP contribution is 2.48. The fourth-order valence-electron chi connectivity index (χ4n) is 2.30. The molecule has 0 bridgehead atoms. The van der Waals surface area contributed by atoms with Gasteiger partial charge in [-0.1, -0.05) is 43.7 Å². The van der Waals surface area contributed by atoms with Crippen molar-refractivity contribution in [2.24, 2.45) is 16.1 Å². The van der Waals surface area contributed by atoms with Crippen LogP contribution in [0.4, 0.5) is 0 Å². The quantitative estimate of drug-likeness (QED) is 0.449. The molecule has 0 unspecified atom stereocenters. The zero-order chi connectivity index (χ0) is 13.6. The van der Waals surface area contributed by atoms with E-state index in [-0.39, 0.29) is 0 Å². The number of nitrogens with one attached hydrogen (secondary N) is 1. The van der Waals surface area contributed by atoms with Gasteiger partial charge in [0, 0.05) is 13.1 Å². The lowest BCUT2D eigenvalue weighted by atomic mass is 9.97. The van der Waals surface area contributed by atoms with Crippen molar-refractivity contribution in [1.29, 1.82) is 0 Å². The van der Waals surface area contributed by atoms with E-state index in [4.69, 9.17) is 5.73 Å². The van der Waals surface area contributed by atoms with Gasteiger partial charge < -0.3 is 11.1 Å². The molecule has 0 spiro atoms. The summed E-state index contributed by atoms with van der Waals surface area (Å²) in [6, 6.07) is 10.7. The van der Waals surface area contributed by atoms with Crippen LogP contribution in [0, 0.1) is 5.41 Å². The van der Waals surface area contributed by atoms with Gasteiger partial charge in [0.2, 0.25) is 0 Å². The van der Waals surface area contributed by atoms with Gasteiger partial charge in [0.15, 0.2) is 5.96 Å². The number of nitrogens with two attached hydrogens (primary N) is 1. The van der Waals surface area contributed by atoms with Crippen molar-refractivity contribution in [2.75, 3.05) is 13.1 Å². The smallest absolute Gasteiger partial charge is 0.188 e. The molecule has 3 heteroatoms. The molecule has 0 radical (unpaired) electrons. The SMILES string of the molecule is CCCCNC(N)=NCC1(Cc2ccccc2)CC1. The summed E-state index contributed by atoms with van der Waals surface area (Å²) in [6.45, 7) is 3.96. The van der Waals surface area contributed by atoms with Crippen LogP contribution in [0.5, 0.6) is 0 Å². The van der Waals surface area contributed by atoms with Gasteiger partial charge in [0.25, 0.3) is 0 Å². The van der Waals surface area contributed by atoms with Crippen molar-refractivity contribution in [2.45, 2.75) is 39.0 Å². The summed E-state index contributed by atoms with van der Waals surface area (Å²) in [4.78, 5) is 4.51. The molecule has 0 heterocycles. The molecule has 0 saturated heterocycles. The van der Waals surface area contributed by atoms with E-state index in [9.17, 15) is 0 Å². The zero-order valence-corrected chi connectivity index (χ0v) is 11.9. The minimum atomic E-state index is 0.373. The third kappa shape index (κ3) is 4.58. The first kappa shape index (κ1) is 13.9. The van der Waals surface area contributed by atoms with E-state index in [0.717, 1.165) is 25.9 Å². The molecule has 19 heavy (non-hydrogen) atoms. The van der Waals surface area contributed by atoms with Gasteiger partial charge in [0.1, 0.15) is 0 Å². The molecule has 0 amide bonds. The number of hydrogen-bond donors (Lipinski definition) is 2. The fourth-order valence-corrected chi connectivity index (χ4v) is 2.30. The molecule has 0 aromatic heterocycles. The summed E-state index contributed by atoms with van der Waals surface area (Å²) in [7, 11) is 0. The van der Waals surface area contributed by atoms with Gasteiger partial charge in [-0.25, -0.2) is 0 Å². The molecule has 1 aromatic carbocycles. The van der Waals surface area contributed by atoms with Gasteiger partial charge in [-0.15, -0.1) is 0 Å². The average Bonchev–Trinajstić information content (AvgIpc) is 3.18. The number of guanidine groups is 1. The average molecular weight is 259 g/mol. The number of benzene rings is 1. The molecule has 0 aliphatic heterocycles. The highest BCUT2D eigenvalue weighted by molar-refractivity contribution is 5.77. The topological polar surface area (TPSA) is 50.4 Å². The fraction of sp³-hybridized carbons (Fsp3) is 0.562. The summed E-state index contributed by atoms with van der Waals surface area (Å²) >= 11 is 0. The summed E-state index contributed by atoms with van der Waals surface area (Å²) in [5.74, 6) is 0.604. The summed E-state index contributed by atoms with van der Waals surface area (Å²) in [5.41, 5.74) is 7.67. The molecular formula is C16H25N3. The van der Waals surface area contributed by atoms with Crippen molar-refractivity contribution in [1.82, 2.24) is 5.32 Å². The third-order valence-electron chi connectivity index (χ3n) is 3.80. The van der Waals surface area contributed by atoms with Crippen LogP contribution in [0.2, 0.25) is 0 Å². The molecule has 1 saturated carbocycles. The lowest BCUT2D eigenvalue weighted by Gasteiger charge is -2.13. The Balaban J connectivity index is 1.80. The molecule has 3 nitrogen and oxygen atoms in total. The van der Waals surface area contributed by atoms with Crippen LogP contribution in [0.15, 0.2) is 35.3 Å². The van der Waals surface area contributed by atoms with Crippen molar-refractivity contribution >= 4 is 5.96 Å². The lowest BCUT2D eigenvalue weighted by Crippen LogP contribution is -2.33. The van der Waals surface area contributed by atoms with Crippen LogP contribution in [0.3, 0.4) is 0 Å². The first-order valence-electron chi connectivity index (χ1n) is 7.32.